The first-order valence-corrected chi connectivity index (χ1v) is 12.8. The van der Waals surface area contributed by atoms with E-state index < -0.39 is 29.3 Å². The van der Waals surface area contributed by atoms with Crippen LogP contribution in [-0.4, -0.2) is 46.0 Å². The maximum absolute atomic E-state index is 15.2. The van der Waals surface area contributed by atoms with E-state index in [1.807, 2.05) is 23.6 Å². The molecule has 12 heteroatoms. The standard InChI is InChI=1S/C28H27F5N6O/c1-3-22-26(39-9-8-20(29)13-25(39)36-22)27(40)35-14-18-4-6-23(21(30)12-18)37-10-11-38(17(2)16-37)24-7-5-19(15-34-24)28(31,32)33/h4-9,12-13,15,17H,3,10-11,14,16H2,1-2H3,(H,35,40)/t17-/m0/s1. The number of nitrogens with one attached hydrogen (secondary N) is 1. The zero-order valence-electron chi connectivity index (χ0n) is 21.8. The number of alkyl halides is 3. The molecule has 1 fully saturated rings. The summed E-state index contributed by atoms with van der Waals surface area (Å²) in [7, 11) is 0. The second kappa shape index (κ2) is 10.7. The van der Waals surface area contributed by atoms with Gasteiger partial charge in [0, 0.05) is 50.7 Å². The molecule has 1 atom stereocenters. The molecule has 1 aromatic carbocycles. The van der Waals surface area contributed by atoms with Crippen LogP contribution in [0.3, 0.4) is 0 Å². The van der Waals surface area contributed by atoms with Crippen molar-refractivity contribution in [3.8, 4) is 0 Å². The number of anilines is 2. The maximum Gasteiger partial charge on any atom is 0.417 e. The SMILES string of the molecule is CCc1nc2cc(F)ccn2c1C(=O)NCc1ccc(N2CCN(c3ccc(C(F)(F)F)cn3)[C@@H](C)C2)c(F)c1. The summed E-state index contributed by atoms with van der Waals surface area (Å²) in [6.07, 6.45) is -1.69. The number of nitrogens with zero attached hydrogens (tertiary/aromatic N) is 5. The maximum atomic E-state index is 15.2. The fourth-order valence-corrected chi connectivity index (χ4v) is 4.98. The number of carbonyl (C=O) groups excluding carboxylic acids is 1. The summed E-state index contributed by atoms with van der Waals surface area (Å²) in [5, 5.41) is 2.80. The Labute approximate surface area is 227 Å². The van der Waals surface area contributed by atoms with Crippen LogP contribution in [0.1, 0.15) is 41.2 Å². The zero-order valence-corrected chi connectivity index (χ0v) is 21.8. The predicted octanol–water partition coefficient (Wildman–Crippen LogP) is 5.23. The highest BCUT2D eigenvalue weighted by molar-refractivity contribution is 5.94. The number of halogens is 5. The van der Waals surface area contributed by atoms with Crippen LogP contribution in [0.2, 0.25) is 0 Å². The molecule has 1 N–H and O–H groups in total. The molecule has 40 heavy (non-hydrogen) atoms. The second-order valence-corrected chi connectivity index (χ2v) is 9.69. The van der Waals surface area contributed by atoms with Crippen LogP contribution >= 0.6 is 0 Å². The largest absolute Gasteiger partial charge is 0.417 e. The zero-order chi connectivity index (χ0) is 28.6. The van der Waals surface area contributed by atoms with Gasteiger partial charge in [-0.3, -0.25) is 9.20 Å². The van der Waals surface area contributed by atoms with E-state index in [0.717, 1.165) is 12.3 Å². The van der Waals surface area contributed by atoms with Gasteiger partial charge in [-0.15, -0.1) is 0 Å². The lowest BCUT2D eigenvalue weighted by molar-refractivity contribution is -0.137. The number of amides is 1. The molecule has 210 valence electrons. The van der Waals surface area contributed by atoms with Crippen LogP contribution in [0.15, 0.2) is 54.9 Å². The van der Waals surface area contributed by atoms with Crippen molar-refractivity contribution in [2.24, 2.45) is 0 Å². The number of piperazine rings is 1. The van der Waals surface area contributed by atoms with E-state index in [9.17, 15) is 22.4 Å². The number of aromatic nitrogens is 3. The minimum atomic E-state index is -4.45. The molecular formula is C28H27F5N6O. The Morgan fingerprint density at radius 1 is 1.10 bits per heavy atom. The Hall–Kier alpha value is -4.22. The van der Waals surface area contributed by atoms with Crippen LogP contribution in [0, 0.1) is 11.6 Å². The van der Waals surface area contributed by atoms with E-state index in [4.69, 9.17) is 0 Å². The van der Waals surface area contributed by atoms with Gasteiger partial charge in [-0.05, 0) is 49.2 Å². The van der Waals surface area contributed by atoms with Gasteiger partial charge < -0.3 is 15.1 Å². The molecule has 4 aromatic rings. The summed E-state index contributed by atoms with van der Waals surface area (Å²) < 4.78 is 68.9. The van der Waals surface area contributed by atoms with E-state index in [-0.39, 0.29) is 12.6 Å². The minimum Gasteiger partial charge on any atom is -0.365 e. The molecule has 0 radical (unpaired) electrons. The van der Waals surface area contributed by atoms with Crippen molar-refractivity contribution in [2.45, 2.75) is 39.0 Å². The van der Waals surface area contributed by atoms with E-state index in [1.54, 1.807) is 12.1 Å². The van der Waals surface area contributed by atoms with Gasteiger partial charge in [-0.2, -0.15) is 13.2 Å². The molecule has 0 spiro atoms. The Bertz CT molecular complexity index is 1530. The molecule has 5 rings (SSSR count). The average Bonchev–Trinajstić information content (AvgIpc) is 3.29. The summed E-state index contributed by atoms with van der Waals surface area (Å²) in [4.78, 5) is 25.1. The summed E-state index contributed by atoms with van der Waals surface area (Å²) in [6, 6.07) is 9.51. The van der Waals surface area contributed by atoms with Crippen molar-refractivity contribution in [3.63, 3.8) is 0 Å². The summed E-state index contributed by atoms with van der Waals surface area (Å²) >= 11 is 0. The summed E-state index contributed by atoms with van der Waals surface area (Å²) in [5.74, 6) is -0.856. The topological polar surface area (TPSA) is 65.8 Å². The average molecular weight is 559 g/mol. The van der Waals surface area contributed by atoms with Crippen LogP contribution in [0.25, 0.3) is 5.65 Å². The lowest BCUT2D eigenvalue weighted by Gasteiger charge is -2.41. The number of imidazole rings is 1. The first-order valence-electron chi connectivity index (χ1n) is 12.8. The van der Waals surface area contributed by atoms with Gasteiger partial charge in [-0.25, -0.2) is 18.7 Å². The molecule has 7 nitrogen and oxygen atoms in total. The highest BCUT2D eigenvalue weighted by atomic mass is 19.4. The first kappa shape index (κ1) is 27.4. The van der Waals surface area contributed by atoms with Crippen molar-refractivity contribution < 1.29 is 26.7 Å². The molecule has 3 aromatic heterocycles. The van der Waals surface area contributed by atoms with Crippen molar-refractivity contribution in [1.82, 2.24) is 19.7 Å². The van der Waals surface area contributed by atoms with Crippen molar-refractivity contribution in [2.75, 3.05) is 29.4 Å². The Kier molecular flexibility index (Phi) is 7.35. The molecule has 0 bridgehead atoms. The smallest absolute Gasteiger partial charge is 0.365 e. The number of hydrogen-bond acceptors (Lipinski definition) is 5. The fourth-order valence-electron chi connectivity index (χ4n) is 4.98. The van der Waals surface area contributed by atoms with Gasteiger partial charge in [0.1, 0.15) is 28.8 Å². The van der Waals surface area contributed by atoms with E-state index in [2.05, 4.69) is 15.3 Å². The highest BCUT2D eigenvalue weighted by Gasteiger charge is 2.32. The highest BCUT2D eigenvalue weighted by Crippen LogP contribution is 2.31. The van der Waals surface area contributed by atoms with E-state index >= 15 is 4.39 Å². The van der Waals surface area contributed by atoms with Crippen LogP contribution in [-0.2, 0) is 19.1 Å². The molecule has 0 aliphatic carbocycles. The first-order chi connectivity index (χ1) is 19.0. The van der Waals surface area contributed by atoms with Crippen LogP contribution < -0.4 is 15.1 Å². The number of rotatable bonds is 6. The van der Waals surface area contributed by atoms with Gasteiger partial charge in [0.2, 0.25) is 0 Å². The van der Waals surface area contributed by atoms with Gasteiger partial charge >= 0.3 is 6.18 Å². The number of pyridine rings is 2. The Morgan fingerprint density at radius 2 is 1.90 bits per heavy atom. The van der Waals surface area contributed by atoms with Gasteiger partial charge in [-0.1, -0.05) is 13.0 Å². The van der Waals surface area contributed by atoms with Gasteiger partial charge in [0.05, 0.1) is 16.9 Å². The summed E-state index contributed by atoms with van der Waals surface area (Å²) in [6.45, 7) is 5.20. The molecule has 1 aliphatic heterocycles. The summed E-state index contributed by atoms with van der Waals surface area (Å²) in [5.41, 5.74) is 1.34. The molecule has 1 amide bonds. The van der Waals surface area contributed by atoms with Crippen molar-refractivity contribution in [1.29, 1.82) is 0 Å². The van der Waals surface area contributed by atoms with Crippen LogP contribution in [0.4, 0.5) is 33.5 Å². The Morgan fingerprint density at radius 3 is 2.55 bits per heavy atom. The van der Waals surface area contributed by atoms with Crippen LogP contribution in [0.5, 0.6) is 0 Å². The second-order valence-electron chi connectivity index (χ2n) is 9.69. The van der Waals surface area contributed by atoms with Gasteiger partial charge in [0.15, 0.2) is 0 Å². The number of fused-ring (bicyclic) bond motifs is 1. The molecule has 4 heterocycles. The molecule has 0 unspecified atom stereocenters. The lowest BCUT2D eigenvalue weighted by atomic mass is 10.1. The number of benzene rings is 1. The monoisotopic (exact) mass is 558 g/mol. The number of aryl methyl sites for hydroxylation is 1. The van der Waals surface area contributed by atoms with Crippen molar-refractivity contribution >= 4 is 23.1 Å². The van der Waals surface area contributed by atoms with Crippen molar-refractivity contribution in [3.05, 3.63) is 89.0 Å². The molecule has 1 aliphatic rings. The third-order valence-electron chi connectivity index (χ3n) is 7.01. The quantitative estimate of drug-likeness (QED) is 0.328. The molecular weight excluding hydrogens is 531 g/mol. The fraction of sp³-hybridized carbons (Fsp3) is 0.321. The third kappa shape index (κ3) is 5.43. The Balaban J connectivity index is 1.23. The predicted molar refractivity (Wildman–Crippen MR) is 140 cm³/mol. The third-order valence-corrected chi connectivity index (χ3v) is 7.01. The normalized spacial score (nSPS) is 16.0. The van der Waals surface area contributed by atoms with E-state index in [0.29, 0.717) is 60.2 Å². The van der Waals surface area contributed by atoms with E-state index in [1.165, 1.54) is 34.9 Å². The molecule has 1 saturated heterocycles. The lowest BCUT2D eigenvalue weighted by Crippen LogP contribution is -2.52. The molecule has 0 saturated carbocycles. The number of carbonyl (C=O) groups is 1. The minimum absolute atomic E-state index is 0.0807. The van der Waals surface area contributed by atoms with Gasteiger partial charge in [0.25, 0.3) is 5.91 Å². The number of hydrogen-bond donors (Lipinski definition) is 1.